The lowest BCUT2D eigenvalue weighted by Gasteiger charge is -1.90. The number of hydrogen-bond donors (Lipinski definition) is 1. The maximum Gasteiger partial charge on any atom is 0.330 e. The van der Waals surface area contributed by atoms with Gasteiger partial charge >= 0.3 is 11.9 Å². The van der Waals surface area contributed by atoms with Crippen LogP contribution >= 0.6 is 0 Å². The van der Waals surface area contributed by atoms with Gasteiger partial charge in [0.2, 0.25) is 5.91 Å². The molecule has 0 spiro atoms. The van der Waals surface area contributed by atoms with Crippen molar-refractivity contribution in [2.45, 2.75) is 13.8 Å². The van der Waals surface area contributed by atoms with E-state index >= 15 is 0 Å². The fourth-order valence-electron chi connectivity index (χ4n) is 0.319. The number of nitrogens with two attached hydrogens (primary N) is 1. The topological polar surface area (TPSA) is 95.7 Å². The van der Waals surface area contributed by atoms with Crippen LogP contribution in [0.25, 0.3) is 0 Å². The van der Waals surface area contributed by atoms with Gasteiger partial charge in [-0.1, -0.05) is 19.7 Å². The van der Waals surface area contributed by atoms with Crippen LogP contribution in [0.3, 0.4) is 0 Å². The molecule has 1 amide bonds. The fraction of sp³-hybridized carbons (Fsp3) is 0.250. The third-order valence-electron chi connectivity index (χ3n) is 0.904. The number of esters is 2. The summed E-state index contributed by atoms with van der Waals surface area (Å²) >= 11 is 0. The fourth-order valence-corrected chi connectivity index (χ4v) is 0.319. The van der Waals surface area contributed by atoms with Gasteiger partial charge in [0.1, 0.15) is 0 Å². The van der Waals surface area contributed by atoms with E-state index < -0.39 is 5.91 Å². The largest absolute Gasteiger partial charge is 0.463 e. The van der Waals surface area contributed by atoms with E-state index in [1.807, 2.05) is 0 Å². The average molecular weight is 257 g/mol. The van der Waals surface area contributed by atoms with Crippen LogP contribution in [0.15, 0.2) is 38.2 Å². The van der Waals surface area contributed by atoms with Crippen LogP contribution in [0.1, 0.15) is 13.8 Å². The molecule has 0 unspecified atom stereocenters. The molecule has 102 valence electrons. The van der Waals surface area contributed by atoms with Crippen molar-refractivity contribution in [3.8, 4) is 0 Å². The van der Waals surface area contributed by atoms with Gasteiger partial charge in [0.15, 0.2) is 0 Å². The number of hydrogen-bond acceptors (Lipinski definition) is 5. The van der Waals surface area contributed by atoms with E-state index in [2.05, 4.69) is 34.9 Å². The summed E-state index contributed by atoms with van der Waals surface area (Å²) in [6.07, 6.45) is 3.30. The number of carbonyl (C=O) groups excluding carboxylic acids is 3. The third kappa shape index (κ3) is 37.3. The first-order valence-electron chi connectivity index (χ1n) is 4.84. The summed E-state index contributed by atoms with van der Waals surface area (Å²) in [5.41, 5.74) is 4.53. The lowest BCUT2D eigenvalue weighted by atomic mass is 10.6. The van der Waals surface area contributed by atoms with Crippen molar-refractivity contribution in [2.75, 3.05) is 6.61 Å². The summed E-state index contributed by atoms with van der Waals surface area (Å²) in [4.78, 5) is 29.3. The minimum atomic E-state index is -0.481. The standard InChI is InChI=1S/C5H8O2.C4H6O2.C3H5NO/c1-3-5(6)7-4-2;1-3-6-4(2)5;1-2-3(4)5/h3H,1,4H2,2H3;3H,1H2,2H3;2H,1H2,(H2,4,5). The van der Waals surface area contributed by atoms with Crippen molar-refractivity contribution in [1.29, 1.82) is 0 Å². The highest BCUT2D eigenvalue weighted by atomic mass is 16.5. The van der Waals surface area contributed by atoms with E-state index in [9.17, 15) is 14.4 Å². The van der Waals surface area contributed by atoms with Gasteiger partial charge < -0.3 is 15.2 Å². The van der Waals surface area contributed by atoms with E-state index in [1.165, 1.54) is 6.92 Å². The van der Waals surface area contributed by atoms with E-state index in [4.69, 9.17) is 0 Å². The Morgan fingerprint density at radius 2 is 1.61 bits per heavy atom. The molecule has 0 aromatic rings. The van der Waals surface area contributed by atoms with Crippen LogP contribution in [0.4, 0.5) is 0 Å². The Morgan fingerprint density at radius 3 is 1.67 bits per heavy atom. The monoisotopic (exact) mass is 257 g/mol. The lowest BCUT2D eigenvalue weighted by molar-refractivity contribution is -0.137. The van der Waals surface area contributed by atoms with Crippen molar-refractivity contribution in [3.05, 3.63) is 38.2 Å². The van der Waals surface area contributed by atoms with Crippen molar-refractivity contribution in [2.24, 2.45) is 5.73 Å². The first-order valence-corrected chi connectivity index (χ1v) is 4.84. The molecule has 0 aliphatic carbocycles. The molecule has 0 aliphatic heterocycles. The Kier molecular flexibility index (Phi) is 19.9. The summed E-state index contributed by atoms with van der Waals surface area (Å²) in [6, 6.07) is 0. The van der Waals surface area contributed by atoms with Crippen molar-refractivity contribution >= 4 is 17.8 Å². The zero-order valence-electron chi connectivity index (χ0n) is 10.7. The molecule has 6 nitrogen and oxygen atoms in total. The predicted molar refractivity (Wildman–Crippen MR) is 68.2 cm³/mol. The number of primary amides is 1. The van der Waals surface area contributed by atoms with Crippen LogP contribution < -0.4 is 5.73 Å². The van der Waals surface area contributed by atoms with Gasteiger partial charge in [-0.25, -0.2) is 4.79 Å². The second kappa shape index (κ2) is 17.0. The molecule has 0 bridgehead atoms. The highest BCUT2D eigenvalue weighted by molar-refractivity contribution is 5.85. The van der Waals surface area contributed by atoms with Crippen molar-refractivity contribution in [3.63, 3.8) is 0 Å². The molecule has 6 heteroatoms. The second-order valence-electron chi connectivity index (χ2n) is 2.34. The maximum absolute atomic E-state index is 10.1. The van der Waals surface area contributed by atoms with Crippen molar-refractivity contribution < 1.29 is 23.9 Å². The normalized spacial score (nSPS) is 7.00. The average Bonchev–Trinajstić information content (AvgIpc) is 2.30. The van der Waals surface area contributed by atoms with Crippen LogP contribution in [0.2, 0.25) is 0 Å². The van der Waals surface area contributed by atoms with Gasteiger partial charge in [-0.2, -0.15) is 0 Å². The predicted octanol–water partition coefficient (Wildman–Crippen LogP) is 1.09. The van der Waals surface area contributed by atoms with Crippen LogP contribution in [-0.4, -0.2) is 24.5 Å². The number of carbonyl (C=O) groups is 3. The first kappa shape index (κ1) is 21.0. The van der Waals surface area contributed by atoms with Gasteiger partial charge in [-0.05, 0) is 13.0 Å². The quantitative estimate of drug-likeness (QED) is 0.462. The first-order chi connectivity index (χ1) is 8.35. The molecule has 0 aromatic heterocycles. The molecule has 0 aliphatic rings. The molecule has 0 saturated heterocycles. The summed E-state index contributed by atoms with van der Waals surface area (Å²) in [5.74, 6) is -1.17. The molecule has 0 heterocycles. The number of ether oxygens (including phenoxy) is 2. The van der Waals surface area contributed by atoms with E-state index in [0.717, 1.165) is 18.4 Å². The molecule has 0 fully saturated rings. The Hall–Kier alpha value is -2.37. The smallest absolute Gasteiger partial charge is 0.330 e. The molecule has 0 rings (SSSR count). The zero-order valence-corrected chi connectivity index (χ0v) is 10.7. The van der Waals surface area contributed by atoms with Crippen LogP contribution in [-0.2, 0) is 23.9 Å². The molecular weight excluding hydrogens is 238 g/mol. The van der Waals surface area contributed by atoms with E-state index in [0.29, 0.717) is 6.61 Å². The molecule has 2 N–H and O–H groups in total. The second-order valence-corrected chi connectivity index (χ2v) is 2.34. The third-order valence-corrected chi connectivity index (χ3v) is 0.904. The van der Waals surface area contributed by atoms with Gasteiger partial charge in [-0.15, -0.1) is 0 Å². The van der Waals surface area contributed by atoms with E-state index in [-0.39, 0.29) is 11.9 Å². The number of rotatable bonds is 4. The summed E-state index contributed by atoms with van der Waals surface area (Å²) in [7, 11) is 0. The Bertz CT molecular complexity index is 297. The van der Waals surface area contributed by atoms with E-state index in [1.54, 1.807) is 6.92 Å². The van der Waals surface area contributed by atoms with Crippen molar-refractivity contribution in [1.82, 2.24) is 0 Å². The van der Waals surface area contributed by atoms with Crippen LogP contribution in [0.5, 0.6) is 0 Å². The zero-order chi connectivity index (χ0) is 15.0. The summed E-state index contributed by atoms with van der Waals surface area (Å²) in [5, 5.41) is 0. The molecule has 18 heavy (non-hydrogen) atoms. The molecule has 0 radical (unpaired) electrons. The lowest BCUT2D eigenvalue weighted by Crippen LogP contribution is -2.04. The minimum Gasteiger partial charge on any atom is -0.463 e. The summed E-state index contributed by atoms with van der Waals surface area (Å²) in [6.45, 7) is 12.9. The summed E-state index contributed by atoms with van der Waals surface area (Å²) < 4.78 is 8.60. The Labute approximate surface area is 107 Å². The van der Waals surface area contributed by atoms with Gasteiger partial charge in [0.05, 0.1) is 12.9 Å². The highest BCUT2D eigenvalue weighted by Crippen LogP contribution is 1.74. The van der Waals surface area contributed by atoms with Gasteiger partial charge in [0, 0.05) is 13.0 Å². The molecular formula is C12H19NO5. The maximum atomic E-state index is 10.1. The molecule has 0 atom stereocenters. The Morgan fingerprint density at radius 1 is 1.17 bits per heavy atom. The van der Waals surface area contributed by atoms with Gasteiger partial charge in [0.25, 0.3) is 0 Å². The molecule has 0 aromatic carbocycles. The molecule has 0 saturated carbocycles. The highest BCUT2D eigenvalue weighted by Gasteiger charge is 1.86. The van der Waals surface area contributed by atoms with Gasteiger partial charge in [-0.3, -0.25) is 9.59 Å². The SMILES string of the molecule is C=CC(=O)OCC.C=CC(N)=O.C=COC(C)=O. The van der Waals surface area contributed by atoms with Crippen LogP contribution in [0, 0.1) is 0 Å². The Balaban J connectivity index is -0.000000190. The minimum absolute atomic E-state index is 0.329. The number of amides is 1.